The zero-order valence-electron chi connectivity index (χ0n) is 37.9. The van der Waals surface area contributed by atoms with Crippen molar-refractivity contribution in [3.63, 3.8) is 0 Å². The van der Waals surface area contributed by atoms with Crippen LogP contribution in [0, 0.1) is 0 Å². The molecule has 0 fully saturated rings. The van der Waals surface area contributed by atoms with E-state index in [2.05, 4.69) is 229 Å². The highest BCUT2D eigenvalue weighted by Gasteiger charge is 2.27. The Balaban J connectivity index is 1.52. The average Bonchev–Trinajstić information content (AvgIpc) is 3.45. The lowest BCUT2D eigenvalue weighted by Crippen LogP contribution is -2.22. The Morgan fingerprint density at radius 3 is 0.683 bits per heavy atom. The summed E-state index contributed by atoms with van der Waals surface area (Å²) < 4.78 is 0. The van der Waals surface area contributed by atoms with Crippen LogP contribution in [0.1, 0.15) is 150 Å². The van der Waals surface area contributed by atoms with E-state index in [1.165, 1.54) is 110 Å². The first-order valence-corrected chi connectivity index (χ1v) is 21.9. The largest absolute Gasteiger partial charge is 0.0616 e. The highest BCUT2D eigenvalue weighted by molar-refractivity contribution is 6.09. The highest BCUT2D eigenvalue weighted by atomic mass is 14.3. The van der Waals surface area contributed by atoms with E-state index in [9.17, 15) is 0 Å². The van der Waals surface area contributed by atoms with E-state index in [0.29, 0.717) is 0 Å². The molecule has 300 valence electrons. The third-order valence-corrected chi connectivity index (χ3v) is 13.1. The van der Waals surface area contributed by atoms with Crippen molar-refractivity contribution in [1.29, 1.82) is 0 Å². The molecule has 2 aliphatic carbocycles. The van der Waals surface area contributed by atoms with Crippen molar-refractivity contribution in [1.82, 2.24) is 0 Å². The van der Waals surface area contributed by atoms with Crippen molar-refractivity contribution in [3.8, 4) is 0 Å². The van der Waals surface area contributed by atoms with Gasteiger partial charge in [0, 0.05) is 0 Å². The van der Waals surface area contributed by atoms with Crippen molar-refractivity contribution in [2.24, 2.45) is 0 Å². The zero-order valence-corrected chi connectivity index (χ0v) is 37.9. The Kier molecular flexibility index (Phi) is 9.22. The standard InChI is InChI=1S/C60H60/c1-57(2,3)41-25-29-45-37(33-41)21-22-38-34-42(58(4,5)6)26-30-46(38)53(45)55-49-17-13-15-19-51(49)56(52-20-16-14-18-50(52)55)54-47-31-27-43(59(7,8)9)35-39(47)23-24-40-36-44(60(10,11)12)28-32-48(40)54/h13-36H,1-12H3. The molecule has 0 bridgehead atoms. The second kappa shape index (κ2) is 13.9. The van der Waals surface area contributed by atoms with E-state index in [1.54, 1.807) is 0 Å². The summed E-state index contributed by atoms with van der Waals surface area (Å²) in [6.07, 6.45) is 9.45. The number of hydrogen-bond donors (Lipinski definition) is 0. The molecule has 0 heterocycles. The molecule has 7 aromatic carbocycles. The molecule has 0 aromatic heterocycles. The minimum absolute atomic E-state index is 0.0291. The first kappa shape index (κ1) is 39.7. The van der Waals surface area contributed by atoms with E-state index in [0.717, 1.165) is 0 Å². The Morgan fingerprint density at radius 2 is 0.483 bits per heavy atom. The Morgan fingerprint density at radius 1 is 0.267 bits per heavy atom. The molecule has 0 aliphatic heterocycles. The summed E-state index contributed by atoms with van der Waals surface area (Å²) in [6.45, 7) is 27.8. The normalized spacial score (nSPS) is 14.1. The monoisotopic (exact) mass is 780 g/mol. The van der Waals surface area contributed by atoms with E-state index in [4.69, 9.17) is 0 Å². The van der Waals surface area contributed by atoms with Gasteiger partial charge in [-0.05, 0) is 132 Å². The Labute approximate surface area is 358 Å². The van der Waals surface area contributed by atoms with Gasteiger partial charge in [-0.3, -0.25) is 0 Å². The van der Waals surface area contributed by atoms with Gasteiger partial charge < -0.3 is 0 Å². The van der Waals surface area contributed by atoms with Crippen molar-refractivity contribution >= 4 is 57.0 Å². The third-order valence-electron chi connectivity index (χ3n) is 13.1. The molecule has 60 heavy (non-hydrogen) atoms. The number of fused-ring (bicyclic) bond motifs is 6. The van der Waals surface area contributed by atoms with Crippen LogP contribution < -0.4 is 10.4 Å². The fourth-order valence-electron chi connectivity index (χ4n) is 9.43. The molecule has 0 N–H and O–H groups in total. The maximum absolute atomic E-state index is 2.43. The van der Waals surface area contributed by atoms with Crippen molar-refractivity contribution in [2.75, 3.05) is 0 Å². The fraction of sp³-hybridized carbons (Fsp3) is 0.267. The third kappa shape index (κ3) is 6.79. The highest BCUT2D eigenvalue weighted by Crippen LogP contribution is 2.40. The van der Waals surface area contributed by atoms with Gasteiger partial charge in [-0.15, -0.1) is 0 Å². The molecule has 0 saturated carbocycles. The van der Waals surface area contributed by atoms with Crippen LogP contribution in [0.3, 0.4) is 0 Å². The van der Waals surface area contributed by atoms with E-state index < -0.39 is 0 Å². The predicted octanol–water partition coefficient (Wildman–Crippen LogP) is 14.6. The summed E-state index contributed by atoms with van der Waals surface area (Å²) in [5.41, 5.74) is 18.2. The SMILES string of the molecule is CC(C)(C)c1ccc2c(c1)C=Cc1cc(C(C)(C)C)ccc1C2=c1c2ccccc2c(=C2c3ccc(C(C)(C)C)cc3C=Cc3cc(C(C)(C)C)ccc32)c2ccccc12. The molecule has 0 spiro atoms. The first-order valence-electron chi connectivity index (χ1n) is 21.9. The lowest BCUT2D eigenvalue weighted by Gasteiger charge is -2.24. The number of benzene rings is 7. The van der Waals surface area contributed by atoms with E-state index >= 15 is 0 Å². The molecule has 2 aliphatic rings. The predicted molar refractivity (Wildman–Crippen MR) is 262 cm³/mol. The molecule has 7 aromatic rings. The summed E-state index contributed by atoms with van der Waals surface area (Å²) in [5.74, 6) is 0. The molecule has 0 saturated heterocycles. The summed E-state index contributed by atoms with van der Waals surface area (Å²) in [7, 11) is 0. The molecule has 0 atom stereocenters. The maximum Gasteiger partial charge on any atom is -0.00139 e. The van der Waals surface area contributed by atoms with Gasteiger partial charge in [-0.1, -0.05) is 229 Å². The lowest BCUT2D eigenvalue weighted by molar-refractivity contribution is 0.589. The zero-order chi connectivity index (χ0) is 42.5. The van der Waals surface area contributed by atoms with Crippen LogP contribution in [-0.4, -0.2) is 0 Å². The van der Waals surface area contributed by atoms with Gasteiger partial charge in [0.2, 0.25) is 0 Å². The van der Waals surface area contributed by atoms with Crippen LogP contribution >= 0.6 is 0 Å². The van der Waals surface area contributed by atoms with Crippen LogP contribution in [0.25, 0.3) is 57.0 Å². The molecular weight excluding hydrogens is 721 g/mol. The van der Waals surface area contributed by atoms with Gasteiger partial charge in [-0.2, -0.15) is 0 Å². The molecule has 0 nitrogen and oxygen atoms in total. The fourth-order valence-corrected chi connectivity index (χ4v) is 9.43. The van der Waals surface area contributed by atoms with Crippen LogP contribution in [0.5, 0.6) is 0 Å². The van der Waals surface area contributed by atoms with Crippen LogP contribution in [0.15, 0.2) is 121 Å². The first-order chi connectivity index (χ1) is 28.3. The van der Waals surface area contributed by atoms with Gasteiger partial charge in [0.15, 0.2) is 0 Å². The quantitative estimate of drug-likeness (QED) is 0.134. The molecule has 9 rings (SSSR count). The minimum atomic E-state index is 0.0291. The van der Waals surface area contributed by atoms with Crippen LogP contribution in [0.4, 0.5) is 0 Å². The van der Waals surface area contributed by atoms with Gasteiger partial charge in [0.1, 0.15) is 0 Å². The Bertz CT molecular complexity index is 2680. The van der Waals surface area contributed by atoms with Crippen molar-refractivity contribution in [2.45, 2.75) is 105 Å². The van der Waals surface area contributed by atoms with Gasteiger partial charge in [0.05, 0.1) is 0 Å². The molecular formula is C60H60. The van der Waals surface area contributed by atoms with Gasteiger partial charge >= 0.3 is 0 Å². The van der Waals surface area contributed by atoms with Crippen molar-refractivity contribution in [3.05, 3.63) is 199 Å². The van der Waals surface area contributed by atoms with Crippen LogP contribution in [-0.2, 0) is 21.7 Å². The molecule has 0 unspecified atom stereocenters. The summed E-state index contributed by atoms with van der Waals surface area (Å²) >= 11 is 0. The maximum atomic E-state index is 2.43. The number of rotatable bonds is 0. The summed E-state index contributed by atoms with van der Waals surface area (Å²) in [5, 5.41) is 7.66. The molecule has 0 amide bonds. The van der Waals surface area contributed by atoms with Crippen LogP contribution in [0.2, 0.25) is 0 Å². The second-order valence-corrected chi connectivity index (χ2v) is 21.5. The summed E-state index contributed by atoms with van der Waals surface area (Å²) in [4.78, 5) is 0. The Hall–Kier alpha value is -5.72. The van der Waals surface area contributed by atoms with Crippen molar-refractivity contribution < 1.29 is 0 Å². The lowest BCUT2D eigenvalue weighted by atomic mass is 9.80. The van der Waals surface area contributed by atoms with E-state index in [1.807, 2.05) is 0 Å². The number of hydrogen-bond acceptors (Lipinski definition) is 0. The second-order valence-electron chi connectivity index (χ2n) is 21.5. The molecule has 0 radical (unpaired) electrons. The topological polar surface area (TPSA) is 0 Å². The molecule has 0 heteroatoms. The smallest absolute Gasteiger partial charge is 0.00139 e. The minimum Gasteiger partial charge on any atom is -0.0616 e. The summed E-state index contributed by atoms with van der Waals surface area (Å²) in [6, 6.07) is 47.2. The van der Waals surface area contributed by atoms with E-state index in [-0.39, 0.29) is 21.7 Å². The van der Waals surface area contributed by atoms with Gasteiger partial charge in [-0.25, -0.2) is 0 Å². The average molecular weight is 781 g/mol. The van der Waals surface area contributed by atoms with Gasteiger partial charge in [0.25, 0.3) is 0 Å².